The number of aryl methyl sites for hydroxylation is 2. The molecule has 2 heterocycles. The summed E-state index contributed by atoms with van der Waals surface area (Å²) in [4.78, 5) is 35.6. The zero-order valence-corrected chi connectivity index (χ0v) is 25.7. The number of nitrogens with zero attached hydrogens (tertiary/aromatic N) is 2. The smallest absolute Gasteiger partial charge is 0.243 e. The minimum absolute atomic E-state index is 0.0602. The molecule has 3 aromatic rings. The van der Waals surface area contributed by atoms with Crippen molar-refractivity contribution >= 4 is 27.5 Å². The van der Waals surface area contributed by atoms with Gasteiger partial charge in [0, 0.05) is 30.8 Å². The Morgan fingerprint density at radius 3 is 2.45 bits per heavy atom. The number of hydrogen-bond donors (Lipinski definition) is 3. The maximum atomic E-state index is 14.0. The van der Waals surface area contributed by atoms with Gasteiger partial charge in [-0.2, -0.15) is 4.72 Å². The minimum atomic E-state index is -4.20. The Morgan fingerprint density at radius 2 is 1.79 bits per heavy atom. The van der Waals surface area contributed by atoms with Gasteiger partial charge in [0.25, 0.3) is 0 Å². The molecule has 1 aliphatic rings. The normalized spacial score (nSPS) is 15.0. The van der Waals surface area contributed by atoms with Crippen LogP contribution in [0.3, 0.4) is 0 Å². The summed E-state index contributed by atoms with van der Waals surface area (Å²) in [6.07, 6.45) is 7.17. The highest BCUT2D eigenvalue weighted by molar-refractivity contribution is 7.89. The number of aromatic nitrogens is 2. The van der Waals surface area contributed by atoms with Gasteiger partial charge in [0.15, 0.2) is 0 Å². The molecule has 226 valence electrons. The Balaban J connectivity index is 1.64. The molecule has 0 aliphatic carbocycles. The van der Waals surface area contributed by atoms with E-state index in [-0.39, 0.29) is 28.8 Å². The average molecular weight is 594 g/mol. The van der Waals surface area contributed by atoms with Gasteiger partial charge in [-0.05, 0) is 56.1 Å². The summed E-state index contributed by atoms with van der Waals surface area (Å²) in [5.41, 5.74) is 3.57. The Kier molecular flexibility index (Phi) is 10.9. The van der Waals surface area contributed by atoms with E-state index in [1.54, 1.807) is 30.3 Å². The monoisotopic (exact) mass is 593 g/mol. The SMILES string of the molecule is CCC(=O)Nc1c(-c2ccccc2)cccc1S(=O)(=O)N[C@@H](CCCc1[nH]cnc1CC)C(=O)N1CCC(CC)CC1. The summed E-state index contributed by atoms with van der Waals surface area (Å²) in [5, 5.41) is 2.82. The Hall–Kier alpha value is -3.50. The second kappa shape index (κ2) is 14.6. The van der Waals surface area contributed by atoms with Crippen LogP contribution in [0.5, 0.6) is 0 Å². The first-order valence-corrected chi connectivity index (χ1v) is 16.6. The van der Waals surface area contributed by atoms with E-state index in [1.165, 1.54) is 6.07 Å². The summed E-state index contributed by atoms with van der Waals surface area (Å²) < 4.78 is 30.8. The number of carbonyl (C=O) groups excluding carboxylic acids is 2. The molecule has 1 saturated heterocycles. The van der Waals surface area contributed by atoms with Crippen LogP contribution in [0.25, 0.3) is 11.1 Å². The van der Waals surface area contributed by atoms with Crippen LogP contribution in [0.2, 0.25) is 0 Å². The van der Waals surface area contributed by atoms with Gasteiger partial charge < -0.3 is 15.2 Å². The zero-order valence-electron chi connectivity index (χ0n) is 24.9. The third kappa shape index (κ3) is 7.66. The molecule has 1 fully saturated rings. The van der Waals surface area contributed by atoms with Gasteiger partial charge in [-0.1, -0.05) is 69.7 Å². The molecule has 2 amide bonds. The molecular weight excluding hydrogens is 550 g/mol. The quantitative estimate of drug-likeness (QED) is 0.248. The molecule has 0 saturated carbocycles. The number of amides is 2. The van der Waals surface area contributed by atoms with Crippen molar-refractivity contribution in [2.24, 2.45) is 5.92 Å². The van der Waals surface area contributed by atoms with Gasteiger partial charge in [-0.25, -0.2) is 13.4 Å². The predicted octanol–water partition coefficient (Wildman–Crippen LogP) is 5.31. The molecule has 1 atom stereocenters. The van der Waals surface area contributed by atoms with Gasteiger partial charge >= 0.3 is 0 Å². The lowest BCUT2D eigenvalue weighted by Gasteiger charge is -2.34. The summed E-state index contributed by atoms with van der Waals surface area (Å²) in [7, 11) is -4.20. The van der Waals surface area contributed by atoms with Gasteiger partial charge in [0.05, 0.1) is 17.7 Å². The number of rotatable bonds is 13. The van der Waals surface area contributed by atoms with Crippen molar-refractivity contribution in [3.63, 3.8) is 0 Å². The van der Waals surface area contributed by atoms with Crippen molar-refractivity contribution in [1.82, 2.24) is 19.6 Å². The minimum Gasteiger partial charge on any atom is -0.348 e. The van der Waals surface area contributed by atoms with Crippen LogP contribution in [-0.4, -0.2) is 54.2 Å². The molecule has 9 nitrogen and oxygen atoms in total. The summed E-state index contributed by atoms with van der Waals surface area (Å²) in [5.74, 6) is 0.0850. The molecule has 42 heavy (non-hydrogen) atoms. The van der Waals surface area contributed by atoms with E-state index in [0.29, 0.717) is 43.8 Å². The third-order valence-corrected chi connectivity index (χ3v) is 9.66. The number of aromatic amines is 1. The Morgan fingerprint density at radius 1 is 1.05 bits per heavy atom. The van der Waals surface area contributed by atoms with E-state index in [9.17, 15) is 18.0 Å². The van der Waals surface area contributed by atoms with Crippen molar-refractivity contribution in [3.05, 3.63) is 66.2 Å². The van der Waals surface area contributed by atoms with E-state index < -0.39 is 16.1 Å². The van der Waals surface area contributed by atoms with Crippen LogP contribution < -0.4 is 10.0 Å². The number of piperidine rings is 1. The van der Waals surface area contributed by atoms with Crippen molar-refractivity contribution in [1.29, 1.82) is 0 Å². The lowest BCUT2D eigenvalue weighted by Crippen LogP contribution is -2.50. The number of para-hydroxylation sites is 1. The van der Waals surface area contributed by atoms with E-state index in [2.05, 4.69) is 26.9 Å². The first kappa shape index (κ1) is 31.4. The highest BCUT2D eigenvalue weighted by Gasteiger charge is 2.33. The molecule has 10 heteroatoms. The van der Waals surface area contributed by atoms with E-state index in [4.69, 9.17) is 0 Å². The fourth-order valence-electron chi connectivity index (χ4n) is 5.59. The second-order valence-electron chi connectivity index (χ2n) is 10.9. The molecule has 1 aliphatic heterocycles. The molecule has 1 aromatic heterocycles. The first-order chi connectivity index (χ1) is 20.3. The van der Waals surface area contributed by atoms with Crippen LogP contribution in [-0.2, 0) is 32.5 Å². The lowest BCUT2D eigenvalue weighted by molar-refractivity contribution is -0.134. The zero-order chi connectivity index (χ0) is 30.1. The molecule has 4 rings (SSSR count). The molecule has 0 radical (unpaired) electrons. The third-order valence-electron chi connectivity index (χ3n) is 8.15. The fourth-order valence-corrected chi connectivity index (χ4v) is 7.00. The van der Waals surface area contributed by atoms with Crippen LogP contribution in [0.1, 0.15) is 70.7 Å². The first-order valence-electron chi connectivity index (χ1n) is 15.1. The number of carbonyl (C=O) groups is 2. The van der Waals surface area contributed by atoms with Crippen LogP contribution >= 0.6 is 0 Å². The molecular formula is C32H43N5O4S. The average Bonchev–Trinajstić information content (AvgIpc) is 3.48. The van der Waals surface area contributed by atoms with Crippen LogP contribution in [0.15, 0.2) is 59.8 Å². The number of imidazole rings is 1. The molecule has 0 bridgehead atoms. The van der Waals surface area contributed by atoms with Crippen molar-refractivity contribution in [3.8, 4) is 11.1 Å². The Bertz CT molecular complexity index is 1450. The number of anilines is 1. The number of benzene rings is 2. The number of H-pyrrole nitrogens is 1. The molecule has 0 unspecified atom stereocenters. The van der Waals surface area contributed by atoms with Gasteiger partial charge in [-0.15, -0.1) is 0 Å². The lowest BCUT2D eigenvalue weighted by atomic mass is 9.94. The van der Waals surface area contributed by atoms with E-state index >= 15 is 0 Å². The van der Waals surface area contributed by atoms with Crippen LogP contribution in [0.4, 0.5) is 5.69 Å². The van der Waals surface area contributed by atoms with Crippen molar-refractivity contribution in [2.75, 3.05) is 18.4 Å². The summed E-state index contributed by atoms with van der Waals surface area (Å²) >= 11 is 0. The van der Waals surface area contributed by atoms with Gasteiger partial charge in [-0.3, -0.25) is 9.59 Å². The van der Waals surface area contributed by atoms with Gasteiger partial charge in [0.1, 0.15) is 10.9 Å². The predicted molar refractivity (Wildman–Crippen MR) is 165 cm³/mol. The number of sulfonamides is 1. The molecule has 3 N–H and O–H groups in total. The Labute approximate surface area is 249 Å². The maximum absolute atomic E-state index is 14.0. The fraction of sp³-hybridized carbons (Fsp3) is 0.469. The van der Waals surface area contributed by atoms with Crippen molar-refractivity contribution < 1.29 is 18.0 Å². The maximum Gasteiger partial charge on any atom is 0.243 e. The largest absolute Gasteiger partial charge is 0.348 e. The molecule has 0 spiro atoms. The molecule has 2 aromatic carbocycles. The number of nitrogens with one attached hydrogen (secondary N) is 3. The van der Waals surface area contributed by atoms with Crippen molar-refractivity contribution in [2.45, 2.75) is 83.1 Å². The van der Waals surface area contributed by atoms with E-state index in [1.807, 2.05) is 37.3 Å². The number of hydrogen-bond acceptors (Lipinski definition) is 5. The highest BCUT2D eigenvalue weighted by atomic mass is 32.2. The van der Waals surface area contributed by atoms with Crippen LogP contribution in [0, 0.1) is 5.92 Å². The van der Waals surface area contributed by atoms with E-state index in [0.717, 1.165) is 42.6 Å². The highest BCUT2D eigenvalue weighted by Crippen LogP contribution is 2.34. The number of likely N-dealkylation sites (tertiary alicyclic amines) is 1. The second-order valence-corrected chi connectivity index (χ2v) is 12.6. The standard InChI is InChI=1S/C32H43N5O4S/c1-4-23-18-20-37(21-19-23)32(39)28(16-11-15-27-26(5-2)33-22-34-27)36-42(40,41)29-17-10-14-25(24-12-8-7-9-13-24)31(29)35-30(38)6-3/h7-10,12-14,17,22-23,28,36H,4-6,11,15-16,18-21H2,1-3H3,(H,33,34)(H,35,38)/t28-/m0/s1. The van der Waals surface area contributed by atoms with Gasteiger partial charge in [0.2, 0.25) is 21.8 Å². The summed E-state index contributed by atoms with van der Waals surface area (Å²) in [6, 6.07) is 13.3. The topological polar surface area (TPSA) is 124 Å². The summed E-state index contributed by atoms with van der Waals surface area (Å²) in [6.45, 7) is 7.16.